The summed E-state index contributed by atoms with van der Waals surface area (Å²) < 4.78 is 11.2. The van der Waals surface area contributed by atoms with Crippen molar-refractivity contribution < 1.29 is 24.2 Å². The molecule has 2 N–H and O–H groups in total. The van der Waals surface area contributed by atoms with Gasteiger partial charge in [-0.3, -0.25) is 0 Å². The number of hydrogen-bond donors (Lipinski definition) is 2. The molecule has 3 aromatic carbocycles. The maximum Gasteiger partial charge on any atom is 0.333 e. The predicted octanol–water partition coefficient (Wildman–Crippen LogP) is 6.57. The quantitative estimate of drug-likeness (QED) is 0.233. The van der Waals surface area contributed by atoms with Crippen molar-refractivity contribution >= 4 is 40.9 Å². The number of halogens is 2. The number of rotatable bonds is 14. The Morgan fingerprint density at radius 2 is 1.71 bits per heavy atom. The highest BCUT2D eigenvalue weighted by atomic mass is 35.5. The van der Waals surface area contributed by atoms with Gasteiger partial charge in [0.25, 0.3) is 0 Å². The van der Waals surface area contributed by atoms with Gasteiger partial charge in [0.15, 0.2) is 6.10 Å². The Balaban J connectivity index is 1.58. The highest BCUT2D eigenvalue weighted by Gasteiger charge is 2.18. The van der Waals surface area contributed by atoms with E-state index in [9.17, 15) is 14.7 Å². The average molecular weight is 559 g/mol. The van der Waals surface area contributed by atoms with E-state index in [4.69, 9.17) is 32.7 Å². The Hall–Kier alpha value is -3.26. The van der Waals surface area contributed by atoms with Crippen molar-refractivity contribution in [2.24, 2.45) is 0 Å². The van der Waals surface area contributed by atoms with Gasteiger partial charge < -0.3 is 24.8 Å². The van der Waals surface area contributed by atoms with E-state index in [1.54, 1.807) is 42.2 Å². The fourth-order valence-electron chi connectivity index (χ4n) is 3.85. The first kappa shape index (κ1) is 29.3. The highest BCUT2D eigenvalue weighted by Crippen LogP contribution is 2.25. The number of nitrogens with one attached hydrogen (secondary N) is 1. The number of benzene rings is 3. The van der Waals surface area contributed by atoms with Gasteiger partial charge in [0.1, 0.15) is 12.4 Å². The lowest BCUT2D eigenvalue weighted by Crippen LogP contribution is -2.38. The van der Waals surface area contributed by atoms with Crippen molar-refractivity contribution in [3.05, 3.63) is 94.0 Å². The second-order valence-corrected chi connectivity index (χ2v) is 9.45. The summed E-state index contributed by atoms with van der Waals surface area (Å²) in [6.07, 6.45) is 1.01. The van der Waals surface area contributed by atoms with Gasteiger partial charge in [-0.05, 0) is 61.2 Å². The van der Waals surface area contributed by atoms with Crippen LogP contribution in [0.3, 0.4) is 0 Å². The van der Waals surface area contributed by atoms with Crippen LogP contribution in [-0.2, 0) is 22.4 Å². The second-order valence-electron chi connectivity index (χ2n) is 8.61. The molecule has 0 radical (unpaired) electrons. The van der Waals surface area contributed by atoms with Crippen molar-refractivity contribution in [2.45, 2.75) is 32.3 Å². The molecule has 0 saturated heterocycles. The summed E-state index contributed by atoms with van der Waals surface area (Å²) in [5, 5.41) is 13.0. The van der Waals surface area contributed by atoms with E-state index >= 15 is 0 Å². The van der Waals surface area contributed by atoms with Crippen LogP contribution in [-0.4, -0.2) is 54.4 Å². The molecule has 0 aromatic heterocycles. The molecular formula is C29H32Cl2N2O5. The maximum atomic E-state index is 13.1. The molecule has 2 amide bonds. The molecule has 0 aliphatic rings. The summed E-state index contributed by atoms with van der Waals surface area (Å²) >= 11 is 12.2. The van der Waals surface area contributed by atoms with Crippen molar-refractivity contribution in [1.29, 1.82) is 0 Å². The van der Waals surface area contributed by atoms with Crippen molar-refractivity contribution in [2.75, 3.05) is 31.6 Å². The van der Waals surface area contributed by atoms with E-state index < -0.39 is 12.1 Å². The Morgan fingerprint density at radius 1 is 0.974 bits per heavy atom. The number of hydrogen-bond acceptors (Lipinski definition) is 4. The topological polar surface area (TPSA) is 88.1 Å². The number of aryl methyl sites for hydroxylation is 1. The molecular weight excluding hydrogens is 527 g/mol. The molecule has 9 heteroatoms. The summed E-state index contributed by atoms with van der Waals surface area (Å²) in [5.41, 5.74) is 2.52. The van der Waals surface area contributed by atoms with Crippen LogP contribution in [0.2, 0.25) is 10.0 Å². The summed E-state index contributed by atoms with van der Waals surface area (Å²) in [5.74, 6) is -0.361. The smallest absolute Gasteiger partial charge is 0.333 e. The molecule has 202 valence electrons. The fourth-order valence-corrected chi connectivity index (χ4v) is 4.30. The van der Waals surface area contributed by atoms with Gasteiger partial charge >= 0.3 is 12.0 Å². The van der Waals surface area contributed by atoms with Crippen LogP contribution in [0, 0.1) is 0 Å². The number of carbonyl (C=O) groups is 2. The molecule has 3 aromatic rings. The minimum Gasteiger partial charge on any atom is -0.492 e. The number of aliphatic carboxylic acids is 1. The SMILES string of the molecule is CCOC(Cc1ccc(OCCN(CCCc2ccccc2)C(=O)Nc2ccc(Cl)cc2Cl)cc1)C(=O)O. The van der Waals surface area contributed by atoms with Crippen LogP contribution in [0.4, 0.5) is 10.5 Å². The van der Waals surface area contributed by atoms with Gasteiger partial charge in [0, 0.05) is 24.6 Å². The molecule has 7 nitrogen and oxygen atoms in total. The molecule has 0 fully saturated rings. The molecule has 38 heavy (non-hydrogen) atoms. The van der Waals surface area contributed by atoms with Crippen LogP contribution in [0.15, 0.2) is 72.8 Å². The van der Waals surface area contributed by atoms with Crippen molar-refractivity contribution in [1.82, 2.24) is 4.90 Å². The largest absolute Gasteiger partial charge is 0.492 e. The summed E-state index contributed by atoms with van der Waals surface area (Å²) in [6, 6.07) is 22.0. The zero-order chi connectivity index (χ0) is 27.3. The summed E-state index contributed by atoms with van der Waals surface area (Å²) in [7, 11) is 0. The molecule has 0 aliphatic carbocycles. The lowest BCUT2D eigenvalue weighted by molar-refractivity contribution is -0.149. The number of carboxylic acid groups (broad SMARTS) is 1. The molecule has 0 heterocycles. The monoisotopic (exact) mass is 558 g/mol. The molecule has 0 aliphatic heterocycles. The zero-order valence-corrected chi connectivity index (χ0v) is 22.8. The fraction of sp³-hybridized carbons (Fsp3) is 0.310. The number of amides is 2. The molecule has 0 bridgehead atoms. The Kier molecular flexibility index (Phi) is 11.7. The molecule has 1 atom stereocenters. The van der Waals surface area contributed by atoms with E-state index in [0.29, 0.717) is 41.2 Å². The molecule has 0 spiro atoms. The van der Waals surface area contributed by atoms with Crippen LogP contribution in [0.5, 0.6) is 5.75 Å². The van der Waals surface area contributed by atoms with E-state index in [2.05, 4.69) is 17.4 Å². The minimum atomic E-state index is -0.988. The highest BCUT2D eigenvalue weighted by molar-refractivity contribution is 6.36. The van der Waals surface area contributed by atoms with Gasteiger partial charge in [-0.25, -0.2) is 9.59 Å². The number of carbonyl (C=O) groups excluding carboxylic acids is 1. The number of anilines is 1. The third-order valence-corrected chi connectivity index (χ3v) is 6.36. The third kappa shape index (κ3) is 9.56. The maximum absolute atomic E-state index is 13.1. The number of ether oxygens (including phenoxy) is 2. The van der Waals surface area contributed by atoms with E-state index in [0.717, 1.165) is 18.4 Å². The van der Waals surface area contributed by atoms with Crippen molar-refractivity contribution in [3.8, 4) is 5.75 Å². The Morgan fingerprint density at radius 3 is 2.37 bits per heavy atom. The first-order chi connectivity index (χ1) is 18.4. The van der Waals surface area contributed by atoms with Crippen LogP contribution in [0.25, 0.3) is 0 Å². The standard InChI is InChI=1S/C29H32Cl2N2O5/c1-2-37-27(28(34)35)19-22-10-13-24(14-11-22)38-18-17-33(16-6-9-21-7-4-3-5-8-21)29(36)32-26-15-12-23(30)20-25(26)31/h3-5,7-8,10-15,20,27H,2,6,9,16-19H2,1H3,(H,32,36)(H,34,35). The molecule has 0 saturated carbocycles. The number of carboxylic acids is 1. The van der Waals surface area contributed by atoms with Crippen LogP contribution < -0.4 is 10.1 Å². The first-order valence-corrected chi connectivity index (χ1v) is 13.2. The molecule has 3 rings (SSSR count). The molecule has 1 unspecified atom stereocenters. The Bertz CT molecular complexity index is 1180. The average Bonchev–Trinajstić information content (AvgIpc) is 2.90. The third-order valence-electron chi connectivity index (χ3n) is 5.81. The van der Waals surface area contributed by atoms with E-state index in [1.807, 2.05) is 30.3 Å². The van der Waals surface area contributed by atoms with E-state index in [-0.39, 0.29) is 19.1 Å². The Labute approximate surface area is 233 Å². The van der Waals surface area contributed by atoms with Gasteiger partial charge in [-0.1, -0.05) is 65.7 Å². The number of nitrogens with zero attached hydrogens (tertiary/aromatic N) is 1. The lowest BCUT2D eigenvalue weighted by Gasteiger charge is -2.24. The van der Waals surface area contributed by atoms with Crippen LogP contribution >= 0.6 is 23.2 Å². The summed E-state index contributed by atoms with van der Waals surface area (Å²) in [4.78, 5) is 26.1. The zero-order valence-electron chi connectivity index (χ0n) is 21.2. The van der Waals surface area contributed by atoms with Gasteiger partial charge in [-0.15, -0.1) is 0 Å². The van der Waals surface area contributed by atoms with Gasteiger partial charge in [-0.2, -0.15) is 0 Å². The van der Waals surface area contributed by atoms with Gasteiger partial charge in [0.05, 0.1) is 17.3 Å². The first-order valence-electron chi connectivity index (χ1n) is 12.5. The van der Waals surface area contributed by atoms with Gasteiger partial charge in [0.2, 0.25) is 0 Å². The van der Waals surface area contributed by atoms with E-state index in [1.165, 1.54) is 5.56 Å². The number of urea groups is 1. The van der Waals surface area contributed by atoms with Crippen LogP contribution in [0.1, 0.15) is 24.5 Å². The van der Waals surface area contributed by atoms with Crippen molar-refractivity contribution in [3.63, 3.8) is 0 Å². The minimum absolute atomic E-state index is 0.270. The predicted molar refractivity (Wildman–Crippen MR) is 151 cm³/mol. The lowest BCUT2D eigenvalue weighted by atomic mass is 10.1. The second kappa shape index (κ2) is 15.2. The normalized spacial score (nSPS) is 11.6. The summed E-state index contributed by atoms with van der Waals surface area (Å²) in [6.45, 7) is 3.27.